The van der Waals surface area contributed by atoms with Crippen LogP contribution in [0.5, 0.6) is 0 Å². The predicted octanol–water partition coefficient (Wildman–Crippen LogP) is 7.51. The third-order valence-corrected chi connectivity index (χ3v) is 9.12. The summed E-state index contributed by atoms with van der Waals surface area (Å²) in [5.74, 6) is 5.95. The highest BCUT2D eigenvalue weighted by Crippen LogP contribution is 2.49. The van der Waals surface area contributed by atoms with Crippen LogP contribution >= 0.6 is 0 Å². The summed E-state index contributed by atoms with van der Waals surface area (Å²) in [6.45, 7) is 2.43. The Morgan fingerprint density at radius 1 is 0.423 bits per heavy atom. The lowest BCUT2D eigenvalue weighted by molar-refractivity contribution is 0.0411. The summed E-state index contributed by atoms with van der Waals surface area (Å²) in [7, 11) is 0. The van der Waals surface area contributed by atoms with Crippen molar-refractivity contribution in [1.82, 2.24) is 0 Å². The average Bonchev–Trinajstić information content (AvgIpc) is 2.87. The lowest BCUT2D eigenvalue weighted by atomic mass is 9.65. The Morgan fingerprint density at radius 2 is 0.808 bits per heavy atom. The first kappa shape index (κ1) is 19.2. The molecule has 0 aromatic carbocycles. The summed E-state index contributed by atoms with van der Waals surface area (Å²) >= 11 is 0. The van der Waals surface area contributed by atoms with Gasteiger partial charge in [0.1, 0.15) is 12.3 Å². The van der Waals surface area contributed by atoms with Crippen molar-refractivity contribution >= 4 is 0 Å². The monoisotopic (exact) mass is 366 g/mol. The van der Waals surface area contributed by atoms with E-state index < -0.39 is 12.3 Å². The predicted molar refractivity (Wildman–Crippen MR) is 105 cm³/mol. The number of alkyl halides is 2. The van der Waals surface area contributed by atoms with Gasteiger partial charge in [0.05, 0.1) is 0 Å². The summed E-state index contributed by atoms with van der Waals surface area (Å²) < 4.78 is 27.4. The maximum atomic E-state index is 13.9. The molecule has 7 atom stereocenters. The van der Waals surface area contributed by atoms with Crippen molar-refractivity contribution in [2.75, 3.05) is 0 Å². The minimum atomic E-state index is -1.18. The van der Waals surface area contributed by atoms with Gasteiger partial charge in [0.25, 0.3) is 0 Å². The third-order valence-electron chi connectivity index (χ3n) is 9.12. The SMILES string of the molecule is CC1CCC(C2CCC3CCC(C4CCC(F)C(F)C4)CC3CC2)CC1. The zero-order valence-electron chi connectivity index (χ0n) is 16.9. The molecule has 150 valence electrons. The van der Waals surface area contributed by atoms with Gasteiger partial charge >= 0.3 is 0 Å². The molecular weight excluding hydrogens is 326 g/mol. The third kappa shape index (κ3) is 4.30. The first-order valence-electron chi connectivity index (χ1n) is 11.9. The van der Waals surface area contributed by atoms with Crippen LogP contribution < -0.4 is 0 Å². The van der Waals surface area contributed by atoms with Crippen LogP contribution in [0.3, 0.4) is 0 Å². The fourth-order valence-corrected chi connectivity index (χ4v) is 7.29. The van der Waals surface area contributed by atoms with E-state index >= 15 is 0 Å². The number of hydrogen-bond donors (Lipinski definition) is 0. The Kier molecular flexibility index (Phi) is 6.26. The van der Waals surface area contributed by atoms with Crippen molar-refractivity contribution in [2.45, 2.75) is 109 Å². The molecule has 26 heavy (non-hydrogen) atoms. The van der Waals surface area contributed by atoms with Crippen molar-refractivity contribution in [3.8, 4) is 0 Å². The molecular formula is C24H40F2. The van der Waals surface area contributed by atoms with Crippen LogP contribution in [0.2, 0.25) is 0 Å². The Bertz CT molecular complexity index is 441. The summed E-state index contributed by atoms with van der Waals surface area (Å²) in [5, 5.41) is 0. The fourth-order valence-electron chi connectivity index (χ4n) is 7.29. The zero-order valence-corrected chi connectivity index (χ0v) is 16.9. The molecule has 0 radical (unpaired) electrons. The Hall–Kier alpha value is -0.140. The van der Waals surface area contributed by atoms with Crippen molar-refractivity contribution < 1.29 is 8.78 Å². The maximum Gasteiger partial charge on any atom is 0.131 e. The number of halogens is 2. The van der Waals surface area contributed by atoms with Crippen LogP contribution in [0.1, 0.15) is 96.8 Å². The lowest BCUT2D eigenvalue weighted by Crippen LogP contribution is -2.35. The average molecular weight is 367 g/mol. The van der Waals surface area contributed by atoms with Gasteiger partial charge in [-0.1, -0.05) is 19.8 Å². The Labute approximate surface area is 159 Å². The number of rotatable bonds is 2. The van der Waals surface area contributed by atoms with Gasteiger partial charge in [0, 0.05) is 0 Å². The molecule has 0 aromatic rings. The van der Waals surface area contributed by atoms with Gasteiger partial charge in [-0.25, -0.2) is 8.78 Å². The second kappa shape index (κ2) is 8.48. The minimum absolute atomic E-state index is 0.469. The molecule has 0 spiro atoms. The van der Waals surface area contributed by atoms with Gasteiger partial charge in [0.15, 0.2) is 0 Å². The summed E-state index contributed by atoms with van der Waals surface area (Å²) in [4.78, 5) is 0. The number of fused-ring (bicyclic) bond motifs is 1. The molecule has 7 unspecified atom stereocenters. The van der Waals surface area contributed by atoms with E-state index in [9.17, 15) is 8.78 Å². The first-order valence-corrected chi connectivity index (χ1v) is 11.9. The van der Waals surface area contributed by atoms with Gasteiger partial charge in [-0.3, -0.25) is 0 Å². The second-order valence-electron chi connectivity index (χ2n) is 10.6. The van der Waals surface area contributed by atoms with Gasteiger partial charge in [0.2, 0.25) is 0 Å². The summed E-state index contributed by atoms with van der Waals surface area (Å²) in [6.07, 6.45) is 15.2. The van der Waals surface area contributed by atoms with Gasteiger partial charge < -0.3 is 0 Å². The molecule has 2 heteroatoms. The molecule has 0 aliphatic heterocycles. The molecule has 0 heterocycles. The van der Waals surface area contributed by atoms with Crippen LogP contribution in [0.25, 0.3) is 0 Å². The van der Waals surface area contributed by atoms with Crippen molar-refractivity contribution in [3.05, 3.63) is 0 Å². The number of hydrogen-bond acceptors (Lipinski definition) is 0. The van der Waals surface area contributed by atoms with E-state index in [0.717, 1.165) is 36.0 Å². The molecule has 4 fully saturated rings. The molecule has 0 nitrogen and oxygen atoms in total. The molecule has 4 aliphatic carbocycles. The largest absolute Gasteiger partial charge is 0.244 e. The van der Waals surface area contributed by atoms with Crippen LogP contribution in [0.15, 0.2) is 0 Å². The molecule has 0 aromatic heterocycles. The summed E-state index contributed by atoms with van der Waals surface area (Å²) in [6, 6.07) is 0. The van der Waals surface area contributed by atoms with E-state index in [-0.39, 0.29) is 0 Å². The van der Waals surface area contributed by atoms with Gasteiger partial charge in [-0.15, -0.1) is 0 Å². The normalized spacial score (nSPS) is 50.7. The van der Waals surface area contributed by atoms with E-state index in [1.54, 1.807) is 0 Å². The lowest BCUT2D eigenvalue weighted by Gasteiger charge is -2.41. The fraction of sp³-hybridized carbons (Fsp3) is 1.00. The molecule has 4 saturated carbocycles. The topological polar surface area (TPSA) is 0 Å². The molecule has 0 N–H and O–H groups in total. The maximum absolute atomic E-state index is 13.9. The first-order chi connectivity index (χ1) is 12.6. The van der Waals surface area contributed by atoms with Crippen LogP contribution in [-0.4, -0.2) is 12.3 Å². The molecule has 0 bridgehead atoms. The van der Waals surface area contributed by atoms with Crippen molar-refractivity contribution in [3.63, 3.8) is 0 Å². The zero-order chi connectivity index (χ0) is 18.1. The highest BCUT2D eigenvalue weighted by molar-refractivity contribution is 4.91. The highest BCUT2D eigenvalue weighted by Gasteiger charge is 2.40. The van der Waals surface area contributed by atoms with E-state index in [2.05, 4.69) is 6.92 Å². The Morgan fingerprint density at radius 3 is 1.38 bits per heavy atom. The molecule has 0 saturated heterocycles. The molecule has 4 rings (SSSR count). The standard InChI is InChI=1S/C24H40F2/c1-16-2-4-17(5-3-16)18-6-7-19-9-11-21(14-20(19)10-8-18)22-12-13-23(25)24(26)15-22/h16-24H,2-15H2,1H3. The van der Waals surface area contributed by atoms with Crippen molar-refractivity contribution in [2.24, 2.45) is 41.4 Å². The van der Waals surface area contributed by atoms with Crippen LogP contribution in [0, 0.1) is 41.4 Å². The quantitative estimate of drug-likeness (QED) is 0.474. The minimum Gasteiger partial charge on any atom is -0.244 e. The summed E-state index contributed by atoms with van der Waals surface area (Å²) in [5.41, 5.74) is 0. The Balaban J connectivity index is 1.30. The smallest absolute Gasteiger partial charge is 0.131 e. The van der Waals surface area contributed by atoms with Gasteiger partial charge in [-0.2, -0.15) is 0 Å². The van der Waals surface area contributed by atoms with E-state index in [0.29, 0.717) is 24.7 Å². The highest BCUT2D eigenvalue weighted by atomic mass is 19.2. The van der Waals surface area contributed by atoms with Crippen molar-refractivity contribution in [1.29, 1.82) is 0 Å². The second-order valence-corrected chi connectivity index (χ2v) is 10.6. The van der Waals surface area contributed by atoms with E-state index in [4.69, 9.17) is 0 Å². The molecule has 0 amide bonds. The van der Waals surface area contributed by atoms with Crippen LogP contribution in [-0.2, 0) is 0 Å². The van der Waals surface area contributed by atoms with Gasteiger partial charge in [-0.05, 0) is 118 Å². The van der Waals surface area contributed by atoms with E-state index in [1.807, 2.05) is 0 Å². The van der Waals surface area contributed by atoms with Crippen LogP contribution in [0.4, 0.5) is 8.78 Å². The van der Waals surface area contributed by atoms with E-state index in [1.165, 1.54) is 70.6 Å². The molecule has 4 aliphatic rings.